The molecule has 0 amide bonds. The van der Waals surface area contributed by atoms with E-state index < -0.39 is 0 Å². The molecule has 1 aromatic heterocycles. The second kappa shape index (κ2) is 4.98. The first-order valence-electron chi connectivity index (χ1n) is 6.66. The van der Waals surface area contributed by atoms with Crippen molar-refractivity contribution in [1.82, 2.24) is 15.5 Å². The van der Waals surface area contributed by atoms with Crippen LogP contribution in [0.3, 0.4) is 0 Å². The SMILES string of the molecule is CC(Oc1ccc2[nH]ncc2c1)C1CCCCN1. The monoisotopic (exact) mass is 245 g/mol. The van der Waals surface area contributed by atoms with Crippen LogP contribution in [0.25, 0.3) is 10.9 Å². The number of piperidine rings is 1. The number of nitrogens with one attached hydrogen (secondary N) is 2. The average molecular weight is 245 g/mol. The molecule has 3 rings (SSSR count). The van der Waals surface area contributed by atoms with Crippen molar-refractivity contribution in [2.45, 2.75) is 38.3 Å². The zero-order chi connectivity index (χ0) is 12.4. The van der Waals surface area contributed by atoms with Crippen LogP contribution in [0.5, 0.6) is 5.75 Å². The Labute approximate surface area is 107 Å². The number of hydrogen-bond acceptors (Lipinski definition) is 3. The van der Waals surface area contributed by atoms with Crippen molar-refractivity contribution >= 4 is 10.9 Å². The Morgan fingerprint density at radius 3 is 3.17 bits per heavy atom. The van der Waals surface area contributed by atoms with Crippen LogP contribution >= 0.6 is 0 Å². The van der Waals surface area contributed by atoms with Gasteiger partial charge in [-0.3, -0.25) is 5.10 Å². The van der Waals surface area contributed by atoms with E-state index in [-0.39, 0.29) is 6.10 Å². The summed E-state index contributed by atoms with van der Waals surface area (Å²) in [6.07, 6.45) is 5.81. The van der Waals surface area contributed by atoms with Crippen LogP contribution in [0.1, 0.15) is 26.2 Å². The Balaban J connectivity index is 1.70. The molecular weight excluding hydrogens is 226 g/mol. The number of H-pyrrole nitrogens is 1. The van der Waals surface area contributed by atoms with Crippen LogP contribution < -0.4 is 10.1 Å². The summed E-state index contributed by atoms with van der Waals surface area (Å²) in [4.78, 5) is 0. The minimum absolute atomic E-state index is 0.203. The smallest absolute Gasteiger partial charge is 0.120 e. The van der Waals surface area contributed by atoms with Gasteiger partial charge in [0.2, 0.25) is 0 Å². The van der Waals surface area contributed by atoms with E-state index in [1.165, 1.54) is 19.3 Å². The summed E-state index contributed by atoms with van der Waals surface area (Å²) in [6, 6.07) is 6.52. The molecule has 0 bridgehead atoms. The molecule has 1 aliphatic heterocycles. The van der Waals surface area contributed by atoms with E-state index in [1.54, 1.807) is 0 Å². The molecule has 96 valence electrons. The summed E-state index contributed by atoms with van der Waals surface area (Å²) >= 11 is 0. The topological polar surface area (TPSA) is 49.9 Å². The summed E-state index contributed by atoms with van der Waals surface area (Å²) in [6.45, 7) is 3.25. The van der Waals surface area contributed by atoms with E-state index in [0.29, 0.717) is 6.04 Å². The fraction of sp³-hybridized carbons (Fsp3) is 0.500. The third-order valence-electron chi connectivity index (χ3n) is 3.65. The molecule has 0 spiro atoms. The highest BCUT2D eigenvalue weighted by molar-refractivity contribution is 5.79. The number of rotatable bonds is 3. The predicted molar refractivity (Wildman–Crippen MR) is 71.8 cm³/mol. The van der Waals surface area contributed by atoms with E-state index in [0.717, 1.165) is 23.2 Å². The number of hydrogen-bond donors (Lipinski definition) is 2. The Bertz CT molecular complexity index is 516. The molecule has 4 heteroatoms. The highest BCUT2D eigenvalue weighted by Crippen LogP contribution is 2.21. The first-order valence-corrected chi connectivity index (χ1v) is 6.66. The summed E-state index contributed by atoms with van der Waals surface area (Å²) in [5.74, 6) is 0.920. The molecular formula is C14H19N3O. The fourth-order valence-corrected chi connectivity index (χ4v) is 2.57. The molecule has 1 aliphatic rings. The molecule has 2 unspecified atom stereocenters. The van der Waals surface area contributed by atoms with Crippen molar-refractivity contribution in [1.29, 1.82) is 0 Å². The summed E-state index contributed by atoms with van der Waals surface area (Å²) in [5, 5.41) is 11.6. The van der Waals surface area contributed by atoms with E-state index in [2.05, 4.69) is 22.4 Å². The molecule has 2 aromatic rings. The van der Waals surface area contributed by atoms with Gasteiger partial charge in [-0.1, -0.05) is 6.42 Å². The number of fused-ring (bicyclic) bond motifs is 1. The van der Waals surface area contributed by atoms with E-state index >= 15 is 0 Å². The number of aromatic amines is 1. The van der Waals surface area contributed by atoms with Gasteiger partial charge in [0.25, 0.3) is 0 Å². The molecule has 4 nitrogen and oxygen atoms in total. The van der Waals surface area contributed by atoms with Crippen molar-refractivity contribution in [2.24, 2.45) is 0 Å². The highest BCUT2D eigenvalue weighted by atomic mass is 16.5. The minimum Gasteiger partial charge on any atom is -0.489 e. The number of nitrogens with zero attached hydrogens (tertiary/aromatic N) is 1. The van der Waals surface area contributed by atoms with Gasteiger partial charge < -0.3 is 10.1 Å². The molecule has 1 aromatic carbocycles. The first-order chi connectivity index (χ1) is 8.83. The number of aromatic nitrogens is 2. The lowest BCUT2D eigenvalue weighted by Crippen LogP contribution is -2.44. The third kappa shape index (κ3) is 2.34. The van der Waals surface area contributed by atoms with Crippen LogP contribution in [-0.2, 0) is 0 Å². The van der Waals surface area contributed by atoms with Crippen LogP contribution in [0, 0.1) is 0 Å². The molecule has 18 heavy (non-hydrogen) atoms. The van der Waals surface area contributed by atoms with Gasteiger partial charge in [0.1, 0.15) is 11.9 Å². The first kappa shape index (κ1) is 11.5. The summed E-state index contributed by atoms with van der Waals surface area (Å²) in [5.41, 5.74) is 1.05. The Morgan fingerprint density at radius 1 is 1.39 bits per heavy atom. The number of ether oxygens (including phenoxy) is 1. The van der Waals surface area contributed by atoms with Gasteiger partial charge in [0.05, 0.1) is 11.7 Å². The van der Waals surface area contributed by atoms with Crippen molar-refractivity contribution in [3.63, 3.8) is 0 Å². The van der Waals surface area contributed by atoms with Gasteiger partial charge in [-0.05, 0) is 44.5 Å². The van der Waals surface area contributed by atoms with Gasteiger partial charge in [-0.25, -0.2) is 0 Å². The van der Waals surface area contributed by atoms with Crippen LogP contribution in [0.4, 0.5) is 0 Å². The summed E-state index contributed by atoms with van der Waals surface area (Å²) in [7, 11) is 0. The lowest BCUT2D eigenvalue weighted by atomic mass is 10.0. The van der Waals surface area contributed by atoms with Gasteiger partial charge >= 0.3 is 0 Å². The number of benzene rings is 1. The van der Waals surface area contributed by atoms with Crippen molar-refractivity contribution in [3.05, 3.63) is 24.4 Å². The zero-order valence-corrected chi connectivity index (χ0v) is 10.6. The second-order valence-corrected chi connectivity index (χ2v) is 5.00. The van der Waals surface area contributed by atoms with Crippen molar-refractivity contribution in [3.8, 4) is 5.75 Å². The maximum atomic E-state index is 6.03. The van der Waals surface area contributed by atoms with E-state index in [9.17, 15) is 0 Å². The molecule has 0 aliphatic carbocycles. The molecule has 1 saturated heterocycles. The molecule has 2 N–H and O–H groups in total. The Hall–Kier alpha value is -1.55. The lowest BCUT2D eigenvalue weighted by molar-refractivity contribution is 0.153. The normalized spacial score (nSPS) is 21.9. The largest absolute Gasteiger partial charge is 0.489 e. The van der Waals surface area contributed by atoms with Crippen LogP contribution in [0.15, 0.2) is 24.4 Å². The Kier molecular flexibility index (Phi) is 3.19. The molecule has 0 saturated carbocycles. The minimum atomic E-state index is 0.203. The molecule has 0 radical (unpaired) electrons. The van der Waals surface area contributed by atoms with Crippen molar-refractivity contribution in [2.75, 3.05) is 6.54 Å². The van der Waals surface area contributed by atoms with E-state index in [1.807, 2.05) is 24.4 Å². The van der Waals surface area contributed by atoms with E-state index in [4.69, 9.17) is 4.74 Å². The maximum absolute atomic E-state index is 6.03. The van der Waals surface area contributed by atoms with Crippen LogP contribution in [-0.4, -0.2) is 28.9 Å². The fourth-order valence-electron chi connectivity index (χ4n) is 2.57. The molecule has 1 fully saturated rings. The zero-order valence-electron chi connectivity index (χ0n) is 10.6. The van der Waals surface area contributed by atoms with Crippen molar-refractivity contribution < 1.29 is 4.74 Å². The molecule has 2 atom stereocenters. The maximum Gasteiger partial charge on any atom is 0.120 e. The van der Waals surface area contributed by atoms with Crippen LogP contribution in [0.2, 0.25) is 0 Å². The quantitative estimate of drug-likeness (QED) is 0.873. The lowest BCUT2D eigenvalue weighted by Gasteiger charge is -2.29. The van der Waals surface area contributed by atoms with Gasteiger partial charge in [-0.2, -0.15) is 5.10 Å². The molecule has 2 heterocycles. The predicted octanol–water partition coefficient (Wildman–Crippen LogP) is 2.47. The highest BCUT2D eigenvalue weighted by Gasteiger charge is 2.20. The average Bonchev–Trinajstić information content (AvgIpc) is 2.87. The van der Waals surface area contributed by atoms with Gasteiger partial charge in [0, 0.05) is 11.4 Å². The van der Waals surface area contributed by atoms with Gasteiger partial charge in [-0.15, -0.1) is 0 Å². The second-order valence-electron chi connectivity index (χ2n) is 5.00. The Morgan fingerprint density at radius 2 is 2.33 bits per heavy atom. The standard InChI is InChI=1S/C14H19N3O/c1-10(13-4-2-3-7-15-13)18-12-5-6-14-11(8-12)9-16-17-14/h5-6,8-10,13,15H,2-4,7H2,1H3,(H,16,17). The van der Waals surface area contributed by atoms with Gasteiger partial charge in [0.15, 0.2) is 0 Å². The third-order valence-corrected chi connectivity index (χ3v) is 3.65. The summed E-state index contributed by atoms with van der Waals surface area (Å²) < 4.78 is 6.03.